The van der Waals surface area contributed by atoms with Crippen LogP contribution in [-0.2, 0) is 24.2 Å². The molecule has 0 spiro atoms. The van der Waals surface area contributed by atoms with Crippen molar-refractivity contribution in [3.8, 4) is 0 Å². The lowest BCUT2D eigenvalue weighted by molar-refractivity contribution is -0.384. The molecule has 1 fully saturated rings. The third-order valence-electron chi connectivity index (χ3n) is 4.22. The molecule has 2 rings (SSSR count). The first-order valence-corrected chi connectivity index (χ1v) is 10.3. The van der Waals surface area contributed by atoms with Crippen LogP contribution in [-0.4, -0.2) is 84.1 Å². The highest BCUT2D eigenvalue weighted by Gasteiger charge is 2.23. The van der Waals surface area contributed by atoms with E-state index in [1.54, 1.807) is 7.11 Å². The smallest absolute Gasteiger partial charge is 0.293 e. The maximum Gasteiger partial charge on any atom is 0.293 e. The summed E-state index contributed by atoms with van der Waals surface area (Å²) in [5.41, 5.74) is -0.147. The number of nitro benzene ring substituents is 1. The number of hydrogen-bond donors (Lipinski definition) is 2. The number of anilines is 1. The van der Waals surface area contributed by atoms with Gasteiger partial charge in [-0.05, 0) is 12.1 Å². The molecule has 0 radical (unpaired) electrons. The highest BCUT2D eigenvalue weighted by molar-refractivity contribution is 7.89. The summed E-state index contributed by atoms with van der Waals surface area (Å²) in [5, 5.41) is 19.3. The molecule has 0 aromatic heterocycles. The number of primary sulfonamides is 1. The third-order valence-corrected chi connectivity index (χ3v) is 5.13. The van der Waals surface area contributed by atoms with E-state index in [2.05, 4.69) is 10.2 Å². The van der Waals surface area contributed by atoms with E-state index < -0.39 is 14.9 Å². The van der Waals surface area contributed by atoms with Crippen molar-refractivity contribution in [1.82, 2.24) is 4.90 Å². The first-order chi connectivity index (χ1) is 13.3. The Morgan fingerprint density at radius 2 is 2.18 bits per heavy atom. The van der Waals surface area contributed by atoms with Gasteiger partial charge in [-0.2, -0.15) is 0 Å². The Hall–Kier alpha value is -1.83. The van der Waals surface area contributed by atoms with Gasteiger partial charge in [-0.3, -0.25) is 15.0 Å². The minimum Gasteiger partial charge on any atom is -0.382 e. The lowest BCUT2D eigenvalue weighted by Gasteiger charge is -2.33. The number of methoxy groups -OCH3 is 1. The summed E-state index contributed by atoms with van der Waals surface area (Å²) in [7, 11) is -2.40. The molecular weight excluding hydrogens is 392 g/mol. The summed E-state index contributed by atoms with van der Waals surface area (Å²) < 4.78 is 38.9. The monoisotopic (exact) mass is 418 g/mol. The van der Waals surface area contributed by atoms with Crippen LogP contribution in [0.1, 0.15) is 0 Å². The Morgan fingerprint density at radius 3 is 2.86 bits per heavy atom. The number of nitro groups is 1. The third kappa shape index (κ3) is 6.96. The van der Waals surface area contributed by atoms with E-state index in [-0.39, 0.29) is 22.4 Å². The first-order valence-electron chi connectivity index (χ1n) is 8.77. The molecule has 0 aliphatic carbocycles. The molecule has 0 bridgehead atoms. The van der Waals surface area contributed by atoms with Crippen LogP contribution >= 0.6 is 0 Å². The van der Waals surface area contributed by atoms with E-state index >= 15 is 0 Å². The number of nitrogens with one attached hydrogen (secondary N) is 1. The molecule has 1 aromatic rings. The standard InChI is InChI=1S/C16H26N4O7S/c1-25-8-9-26-6-4-19-5-7-27-13(12-19)11-18-15-3-2-14(28(17,23)24)10-16(15)20(21)22/h2-3,10,13,18H,4-9,11-12H2,1H3,(H2,17,23,24)/t13-/m1/s1. The van der Waals surface area contributed by atoms with Crippen molar-refractivity contribution < 1.29 is 27.6 Å². The number of benzene rings is 1. The van der Waals surface area contributed by atoms with E-state index in [0.717, 1.165) is 19.2 Å². The summed E-state index contributed by atoms with van der Waals surface area (Å²) in [4.78, 5) is 12.5. The van der Waals surface area contributed by atoms with Crippen LogP contribution in [0.4, 0.5) is 11.4 Å². The summed E-state index contributed by atoms with van der Waals surface area (Å²) in [6, 6.07) is 3.52. The average molecular weight is 418 g/mol. The molecule has 1 aliphatic rings. The van der Waals surface area contributed by atoms with Gasteiger partial charge in [-0.15, -0.1) is 0 Å². The highest BCUT2D eigenvalue weighted by atomic mass is 32.2. The Balaban J connectivity index is 1.89. The molecule has 1 aliphatic heterocycles. The minimum atomic E-state index is -4.02. The van der Waals surface area contributed by atoms with E-state index in [9.17, 15) is 18.5 Å². The zero-order chi connectivity index (χ0) is 20.6. The molecule has 0 amide bonds. The lowest BCUT2D eigenvalue weighted by Crippen LogP contribution is -2.46. The fourth-order valence-corrected chi connectivity index (χ4v) is 3.29. The van der Waals surface area contributed by atoms with Crippen LogP contribution in [0.25, 0.3) is 0 Å². The fourth-order valence-electron chi connectivity index (χ4n) is 2.76. The maximum atomic E-state index is 11.4. The van der Waals surface area contributed by atoms with Crippen molar-refractivity contribution in [3.05, 3.63) is 28.3 Å². The summed E-state index contributed by atoms with van der Waals surface area (Å²) in [6.45, 7) is 4.78. The van der Waals surface area contributed by atoms with Crippen LogP contribution in [0.3, 0.4) is 0 Å². The quantitative estimate of drug-likeness (QED) is 0.288. The Kier molecular flexibility index (Phi) is 8.54. The summed E-state index contributed by atoms with van der Waals surface area (Å²) >= 11 is 0. The molecule has 12 heteroatoms. The fraction of sp³-hybridized carbons (Fsp3) is 0.625. The van der Waals surface area contributed by atoms with Gasteiger partial charge in [-0.25, -0.2) is 13.6 Å². The zero-order valence-corrected chi connectivity index (χ0v) is 16.5. The van der Waals surface area contributed by atoms with Crippen molar-refractivity contribution in [2.24, 2.45) is 5.14 Å². The molecule has 1 atom stereocenters. The molecule has 158 valence electrons. The number of ether oxygens (including phenoxy) is 3. The number of sulfonamides is 1. The van der Waals surface area contributed by atoms with E-state index in [0.29, 0.717) is 39.5 Å². The summed E-state index contributed by atoms with van der Waals surface area (Å²) in [6.07, 6.45) is -0.162. The van der Waals surface area contributed by atoms with Crippen LogP contribution in [0.15, 0.2) is 23.1 Å². The Labute approximate surface area is 163 Å². The average Bonchev–Trinajstić information content (AvgIpc) is 2.65. The van der Waals surface area contributed by atoms with E-state index in [4.69, 9.17) is 19.3 Å². The molecular formula is C16H26N4O7S. The second-order valence-corrected chi connectivity index (χ2v) is 7.82. The van der Waals surface area contributed by atoms with Crippen molar-refractivity contribution in [3.63, 3.8) is 0 Å². The molecule has 0 saturated carbocycles. The van der Waals surface area contributed by atoms with Gasteiger partial charge in [0.2, 0.25) is 10.0 Å². The van der Waals surface area contributed by atoms with Crippen LogP contribution in [0.2, 0.25) is 0 Å². The predicted molar refractivity (Wildman–Crippen MR) is 102 cm³/mol. The Bertz CT molecular complexity index is 759. The number of morpholine rings is 1. The first kappa shape index (κ1) is 22.5. The zero-order valence-electron chi connectivity index (χ0n) is 15.7. The van der Waals surface area contributed by atoms with Gasteiger partial charge in [0.25, 0.3) is 5.69 Å². The number of rotatable bonds is 11. The van der Waals surface area contributed by atoms with Gasteiger partial charge < -0.3 is 19.5 Å². The highest BCUT2D eigenvalue weighted by Crippen LogP contribution is 2.27. The van der Waals surface area contributed by atoms with Crippen molar-refractivity contribution in [1.29, 1.82) is 0 Å². The largest absolute Gasteiger partial charge is 0.382 e. The van der Waals surface area contributed by atoms with Crippen molar-refractivity contribution >= 4 is 21.4 Å². The van der Waals surface area contributed by atoms with Gasteiger partial charge >= 0.3 is 0 Å². The van der Waals surface area contributed by atoms with E-state index in [1.807, 2.05) is 0 Å². The maximum absolute atomic E-state index is 11.4. The van der Waals surface area contributed by atoms with Crippen LogP contribution in [0.5, 0.6) is 0 Å². The van der Waals surface area contributed by atoms with Crippen LogP contribution in [0, 0.1) is 10.1 Å². The second kappa shape index (κ2) is 10.6. The topological polar surface area (TPSA) is 146 Å². The van der Waals surface area contributed by atoms with E-state index in [1.165, 1.54) is 12.1 Å². The van der Waals surface area contributed by atoms with Crippen molar-refractivity contribution in [2.75, 3.05) is 65.0 Å². The predicted octanol–water partition coefficient (Wildman–Crippen LogP) is 0.0179. The molecule has 1 aromatic carbocycles. The van der Waals surface area contributed by atoms with Gasteiger partial charge in [0.15, 0.2) is 0 Å². The normalized spacial score (nSPS) is 18.1. The van der Waals surface area contributed by atoms with Crippen LogP contribution < -0.4 is 10.5 Å². The van der Waals surface area contributed by atoms with Crippen molar-refractivity contribution in [2.45, 2.75) is 11.0 Å². The molecule has 11 nitrogen and oxygen atoms in total. The number of nitrogens with zero attached hydrogens (tertiary/aromatic N) is 2. The Morgan fingerprint density at radius 1 is 1.39 bits per heavy atom. The molecule has 28 heavy (non-hydrogen) atoms. The molecule has 3 N–H and O–H groups in total. The minimum absolute atomic E-state index is 0.162. The molecule has 0 unspecified atom stereocenters. The number of nitrogens with two attached hydrogens (primary N) is 1. The van der Waals surface area contributed by atoms with Gasteiger partial charge in [-0.1, -0.05) is 0 Å². The lowest BCUT2D eigenvalue weighted by atomic mass is 10.2. The molecule has 1 saturated heterocycles. The number of hydrogen-bond acceptors (Lipinski definition) is 9. The van der Waals surface area contributed by atoms with Gasteiger partial charge in [0.1, 0.15) is 5.69 Å². The van der Waals surface area contributed by atoms with Gasteiger partial charge in [0.05, 0.1) is 42.4 Å². The SMILES string of the molecule is COCCOCCN1CCO[C@H](CNc2ccc(S(N)(=O)=O)cc2[N+](=O)[O-])C1. The molecule has 1 heterocycles. The summed E-state index contributed by atoms with van der Waals surface area (Å²) in [5.74, 6) is 0. The van der Waals surface area contributed by atoms with Gasteiger partial charge in [0, 0.05) is 39.4 Å². The second-order valence-electron chi connectivity index (χ2n) is 6.26.